The second kappa shape index (κ2) is 10.6. The highest BCUT2D eigenvalue weighted by molar-refractivity contribution is 7.99. The molecule has 0 spiro atoms. The molecule has 4 rings (SSSR count). The van der Waals surface area contributed by atoms with Gasteiger partial charge in [-0.3, -0.25) is 5.21 Å². The van der Waals surface area contributed by atoms with Crippen LogP contribution >= 0.6 is 34.7 Å². The lowest BCUT2D eigenvalue weighted by molar-refractivity contribution is 0.233. The molecule has 4 aromatic rings. The maximum atomic E-state index is 13.1. The van der Waals surface area contributed by atoms with Crippen molar-refractivity contribution in [3.8, 4) is 21.8 Å². The number of hydrogen-bond donors (Lipinski definition) is 3. The van der Waals surface area contributed by atoms with E-state index in [0.29, 0.717) is 26.2 Å². The number of guanidine groups is 1. The molecule has 0 amide bonds. The van der Waals surface area contributed by atoms with Gasteiger partial charge in [-0.05, 0) is 17.7 Å². The summed E-state index contributed by atoms with van der Waals surface area (Å²) in [4.78, 5) is 4.98. The molecular formula is C23H19ClN4O3S3. The van der Waals surface area contributed by atoms with Crippen LogP contribution in [0.4, 0.5) is 0 Å². The zero-order valence-electron chi connectivity index (χ0n) is 17.6. The number of aromatic nitrogens is 1. The molecule has 0 fully saturated rings. The van der Waals surface area contributed by atoms with Crippen LogP contribution in [0.25, 0.3) is 21.8 Å². The van der Waals surface area contributed by atoms with E-state index < -0.39 is 16.0 Å². The molecule has 3 aromatic carbocycles. The first-order valence-electron chi connectivity index (χ1n) is 9.89. The lowest BCUT2D eigenvalue weighted by Crippen LogP contribution is -2.29. The molecule has 0 saturated heterocycles. The van der Waals surface area contributed by atoms with Crippen LogP contribution in [0.2, 0.25) is 5.02 Å². The zero-order chi connectivity index (χ0) is 24.1. The fraction of sp³-hybridized carbons (Fsp3) is 0.0435. The third-order valence-corrected chi connectivity index (χ3v) is 8.46. The van der Waals surface area contributed by atoms with Crippen molar-refractivity contribution in [1.82, 2.24) is 10.5 Å². The minimum Gasteiger partial charge on any atom is -0.367 e. The molecule has 174 valence electrons. The van der Waals surface area contributed by atoms with E-state index in [4.69, 9.17) is 22.5 Å². The number of nitrogens with one attached hydrogen (secondary N) is 1. The number of benzene rings is 3. The first kappa shape index (κ1) is 24.2. The lowest BCUT2D eigenvalue weighted by Gasteiger charge is -2.12. The highest BCUT2D eigenvalue weighted by Crippen LogP contribution is 2.40. The topological polar surface area (TPSA) is 118 Å². The Morgan fingerprint density at radius 3 is 2.47 bits per heavy atom. The fourth-order valence-corrected chi connectivity index (χ4v) is 6.71. The molecule has 34 heavy (non-hydrogen) atoms. The minimum absolute atomic E-state index is 0.0810. The number of nitrogens with two attached hydrogens (primary N) is 1. The largest absolute Gasteiger partial charge is 0.367 e. The lowest BCUT2D eigenvalue weighted by atomic mass is 10.2. The monoisotopic (exact) mass is 530 g/mol. The van der Waals surface area contributed by atoms with Gasteiger partial charge in [0.1, 0.15) is 9.90 Å². The SMILES string of the molecule is N/C(=N\S(=O)(=O)c1cc(-c2nc(-c3ccccc3)cs2)c(Cl)cc1SCc1ccccc1)NO. The number of thioether (sulfide) groups is 1. The minimum atomic E-state index is -4.26. The second-order valence-corrected chi connectivity index (χ2v) is 10.9. The van der Waals surface area contributed by atoms with E-state index in [-0.39, 0.29) is 4.90 Å². The molecule has 0 bridgehead atoms. The van der Waals surface area contributed by atoms with E-state index in [0.717, 1.165) is 16.8 Å². The normalized spacial score (nSPS) is 12.0. The molecule has 0 atom stereocenters. The molecule has 0 aliphatic carbocycles. The van der Waals surface area contributed by atoms with Gasteiger partial charge in [0, 0.05) is 27.2 Å². The van der Waals surface area contributed by atoms with Crippen LogP contribution in [0.5, 0.6) is 0 Å². The van der Waals surface area contributed by atoms with Crippen molar-refractivity contribution in [1.29, 1.82) is 0 Å². The van der Waals surface area contributed by atoms with Gasteiger partial charge in [-0.25, -0.2) is 10.5 Å². The van der Waals surface area contributed by atoms with E-state index in [9.17, 15) is 8.42 Å². The van der Waals surface area contributed by atoms with Gasteiger partial charge >= 0.3 is 0 Å². The summed E-state index contributed by atoms with van der Waals surface area (Å²) < 4.78 is 29.6. The van der Waals surface area contributed by atoms with Crippen molar-refractivity contribution in [2.45, 2.75) is 15.5 Å². The number of hydrogen-bond acceptors (Lipinski definition) is 6. The highest BCUT2D eigenvalue weighted by Gasteiger charge is 2.23. The molecule has 1 aromatic heterocycles. The Morgan fingerprint density at radius 1 is 1.12 bits per heavy atom. The first-order valence-corrected chi connectivity index (χ1v) is 13.6. The highest BCUT2D eigenvalue weighted by atomic mass is 35.5. The predicted octanol–water partition coefficient (Wildman–Crippen LogP) is 5.41. The summed E-state index contributed by atoms with van der Waals surface area (Å²) >= 11 is 9.27. The van der Waals surface area contributed by atoms with Crippen LogP contribution in [0, 0.1) is 0 Å². The predicted molar refractivity (Wildman–Crippen MR) is 138 cm³/mol. The first-order chi connectivity index (χ1) is 16.4. The Bertz CT molecular complexity index is 1430. The maximum Gasteiger partial charge on any atom is 0.286 e. The van der Waals surface area contributed by atoms with Gasteiger partial charge in [-0.1, -0.05) is 72.3 Å². The van der Waals surface area contributed by atoms with Crippen molar-refractivity contribution in [2.75, 3.05) is 0 Å². The van der Waals surface area contributed by atoms with Crippen LogP contribution in [0.1, 0.15) is 5.56 Å². The van der Waals surface area contributed by atoms with Gasteiger partial charge in [-0.2, -0.15) is 8.42 Å². The van der Waals surface area contributed by atoms with E-state index in [1.54, 1.807) is 11.5 Å². The molecule has 4 N–H and O–H groups in total. The molecule has 0 radical (unpaired) electrons. The van der Waals surface area contributed by atoms with E-state index in [2.05, 4.69) is 9.38 Å². The van der Waals surface area contributed by atoms with Crippen molar-refractivity contribution in [3.63, 3.8) is 0 Å². The van der Waals surface area contributed by atoms with Crippen molar-refractivity contribution in [2.24, 2.45) is 10.1 Å². The number of rotatable bonds is 7. The quantitative estimate of drug-likeness (QED) is 0.127. The van der Waals surface area contributed by atoms with Crippen LogP contribution in [0.3, 0.4) is 0 Å². The third kappa shape index (κ3) is 5.60. The number of thiazole rings is 1. The maximum absolute atomic E-state index is 13.1. The summed E-state index contributed by atoms with van der Waals surface area (Å²) in [5, 5.41) is 11.8. The van der Waals surface area contributed by atoms with Gasteiger partial charge in [0.25, 0.3) is 10.0 Å². The molecule has 0 unspecified atom stereocenters. The number of sulfonamides is 1. The van der Waals surface area contributed by atoms with E-state index in [1.807, 2.05) is 66.0 Å². The Morgan fingerprint density at radius 2 is 1.79 bits per heavy atom. The van der Waals surface area contributed by atoms with Gasteiger partial charge in [0.05, 0.1) is 10.7 Å². The van der Waals surface area contributed by atoms with Gasteiger partial charge < -0.3 is 5.73 Å². The Kier molecular flexibility index (Phi) is 7.54. The summed E-state index contributed by atoms with van der Waals surface area (Å²) in [6, 6.07) is 22.3. The average molecular weight is 531 g/mol. The van der Waals surface area contributed by atoms with Crippen LogP contribution < -0.4 is 11.2 Å². The molecule has 0 aliphatic rings. The number of nitrogens with zero attached hydrogens (tertiary/aromatic N) is 2. The van der Waals surface area contributed by atoms with Gasteiger partial charge in [0.2, 0.25) is 5.96 Å². The summed E-state index contributed by atoms with van der Waals surface area (Å²) in [5.74, 6) is -0.123. The van der Waals surface area contributed by atoms with Crippen LogP contribution in [-0.2, 0) is 15.8 Å². The van der Waals surface area contributed by atoms with Gasteiger partial charge in [-0.15, -0.1) is 27.5 Å². The van der Waals surface area contributed by atoms with Crippen molar-refractivity contribution >= 4 is 50.7 Å². The van der Waals surface area contributed by atoms with Crippen molar-refractivity contribution < 1.29 is 13.6 Å². The zero-order valence-corrected chi connectivity index (χ0v) is 20.8. The Hall–Kier alpha value is -2.89. The summed E-state index contributed by atoms with van der Waals surface area (Å²) in [6.07, 6.45) is 0. The molecule has 7 nitrogen and oxygen atoms in total. The number of halogens is 1. The molecule has 0 saturated carbocycles. The van der Waals surface area contributed by atoms with Crippen LogP contribution in [-0.4, -0.2) is 24.6 Å². The Labute approximate surface area is 210 Å². The second-order valence-electron chi connectivity index (χ2n) is 7.02. The Balaban J connectivity index is 1.78. The van der Waals surface area contributed by atoms with E-state index >= 15 is 0 Å². The summed E-state index contributed by atoms with van der Waals surface area (Å²) in [6.45, 7) is 0. The van der Waals surface area contributed by atoms with Crippen LogP contribution in [0.15, 0.2) is 92.4 Å². The standard InChI is InChI=1S/C23H19ClN4O3S3/c24-18-12-20(32-13-15-7-3-1-4-8-15)21(34(30,31)28-23(25)27-29)11-17(18)22-26-19(14-33-22)16-9-5-2-6-10-16/h1-12,14,29H,13H2,(H3,25,27,28). The van der Waals surface area contributed by atoms with E-state index in [1.165, 1.54) is 29.2 Å². The molecule has 1 heterocycles. The number of hydroxylamine groups is 1. The smallest absolute Gasteiger partial charge is 0.286 e. The van der Waals surface area contributed by atoms with Crippen molar-refractivity contribution in [3.05, 3.63) is 88.8 Å². The molecule has 11 heteroatoms. The van der Waals surface area contributed by atoms with Gasteiger partial charge in [0.15, 0.2) is 0 Å². The molecule has 0 aliphatic heterocycles. The molecular weight excluding hydrogens is 512 g/mol. The third-order valence-electron chi connectivity index (χ3n) is 4.69. The summed E-state index contributed by atoms with van der Waals surface area (Å²) in [5.41, 5.74) is 10.2. The summed E-state index contributed by atoms with van der Waals surface area (Å²) in [7, 11) is -4.26. The fourth-order valence-electron chi connectivity index (χ4n) is 3.09. The average Bonchev–Trinajstić information content (AvgIpc) is 3.33.